The van der Waals surface area contributed by atoms with Crippen LogP contribution in [0, 0.1) is 6.92 Å². The van der Waals surface area contributed by atoms with Crippen LogP contribution < -0.4 is 10.7 Å². The van der Waals surface area contributed by atoms with Gasteiger partial charge in [-0.25, -0.2) is 4.79 Å². The molecule has 0 radical (unpaired) electrons. The number of pyridine rings is 1. The third kappa shape index (κ3) is 2.82. The van der Waals surface area contributed by atoms with Crippen LogP contribution in [0.15, 0.2) is 29.2 Å². The molecule has 116 valence electrons. The molecule has 0 bridgehead atoms. The molecule has 1 aromatic carbocycles. The van der Waals surface area contributed by atoms with E-state index < -0.39 is 0 Å². The summed E-state index contributed by atoms with van der Waals surface area (Å²) in [4.78, 5) is 31.7. The number of nitrogens with zero attached hydrogens (tertiary/aromatic N) is 2. The normalized spacial score (nSPS) is 16.0. The van der Waals surface area contributed by atoms with Crippen molar-refractivity contribution in [2.24, 2.45) is 0 Å². The molecule has 2 heterocycles. The summed E-state index contributed by atoms with van der Waals surface area (Å²) in [5.74, 6) is 0. The summed E-state index contributed by atoms with van der Waals surface area (Å²) < 4.78 is 0. The molecule has 1 aliphatic heterocycles. The van der Waals surface area contributed by atoms with Gasteiger partial charge in [0.2, 0.25) is 5.43 Å². The summed E-state index contributed by atoms with van der Waals surface area (Å²) >= 11 is 0. The van der Waals surface area contributed by atoms with Gasteiger partial charge in [-0.05, 0) is 26.1 Å². The van der Waals surface area contributed by atoms with Gasteiger partial charge in [0.05, 0.1) is 0 Å². The number of H-pyrrole nitrogens is 1. The first-order valence-corrected chi connectivity index (χ1v) is 7.41. The van der Waals surface area contributed by atoms with E-state index in [0.29, 0.717) is 24.2 Å². The smallest absolute Gasteiger partial charge is 0.322 e. The van der Waals surface area contributed by atoms with Crippen LogP contribution in [0.5, 0.6) is 0 Å². The highest BCUT2D eigenvalue weighted by Crippen LogP contribution is 2.13. The molecule has 2 amide bonds. The predicted octanol–water partition coefficient (Wildman–Crippen LogP) is 1.62. The van der Waals surface area contributed by atoms with E-state index in [9.17, 15) is 9.59 Å². The summed E-state index contributed by atoms with van der Waals surface area (Å²) in [5.41, 5.74) is 1.93. The number of aromatic amines is 1. The van der Waals surface area contributed by atoms with Crippen molar-refractivity contribution in [3.8, 4) is 0 Å². The number of likely N-dealkylation sites (N-methyl/N-ethyl adjacent to an activating group) is 1. The standard InChI is InChI=1S/C16H20N4O2/c1-11-3-4-13-12(9-11)15(21)14(10-17-13)18-16(22)20-7-5-19(2)6-8-20/h3-4,9-10H,5-8H2,1-2H3,(H,17,21)(H,18,22). The second kappa shape index (κ2) is 5.81. The van der Waals surface area contributed by atoms with Crippen molar-refractivity contribution in [3.05, 3.63) is 40.2 Å². The lowest BCUT2D eigenvalue weighted by Crippen LogP contribution is -2.48. The maximum absolute atomic E-state index is 12.5. The van der Waals surface area contributed by atoms with Crippen molar-refractivity contribution in [2.75, 3.05) is 38.5 Å². The van der Waals surface area contributed by atoms with Gasteiger partial charge < -0.3 is 20.1 Å². The summed E-state index contributed by atoms with van der Waals surface area (Å²) in [6.45, 7) is 4.98. The number of hydrogen-bond acceptors (Lipinski definition) is 3. The number of carbonyl (C=O) groups is 1. The Morgan fingerprint density at radius 3 is 2.68 bits per heavy atom. The Morgan fingerprint density at radius 2 is 1.95 bits per heavy atom. The lowest BCUT2D eigenvalue weighted by molar-refractivity contribution is 0.164. The summed E-state index contributed by atoms with van der Waals surface area (Å²) in [7, 11) is 2.03. The predicted molar refractivity (Wildman–Crippen MR) is 87.4 cm³/mol. The van der Waals surface area contributed by atoms with Crippen LogP contribution in [0.2, 0.25) is 0 Å². The van der Waals surface area contributed by atoms with Gasteiger partial charge in [0.15, 0.2) is 0 Å². The average molecular weight is 300 g/mol. The van der Waals surface area contributed by atoms with E-state index in [1.165, 1.54) is 0 Å². The zero-order valence-corrected chi connectivity index (χ0v) is 12.8. The van der Waals surface area contributed by atoms with Gasteiger partial charge in [0.25, 0.3) is 0 Å². The molecular weight excluding hydrogens is 280 g/mol. The number of aromatic nitrogens is 1. The number of hydrogen-bond donors (Lipinski definition) is 2. The van der Waals surface area contributed by atoms with Crippen LogP contribution in [-0.4, -0.2) is 54.0 Å². The summed E-state index contributed by atoms with van der Waals surface area (Å²) in [6.07, 6.45) is 1.56. The molecule has 22 heavy (non-hydrogen) atoms. The number of anilines is 1. The van der Waals surface area contributed by atoms with E-state index in [4.69, 9.17) is 0 Å². The number of piperazine rings is 1. The Labute approximate surface area is 128 Å². The Hall–Kier alpha value is -2.34. The van der Waals surface area contributed by atoms with Gasteiger partial charge in [0, 0.05) is 43.3 Å². The zero-order valence-electron chi connectivity index (χ0n) is 12.8. The van der Waals surface area contributed by atoms with Crippen molar-refractivity contribution in [3.63, 3.8) is 0 Å². The molecule has 0 spiro atoms. The van der Waals surface area contributed by atoms with E-state index in [2.05, 4.69) is 15.2 Å². The van der Waals surface area contributed by atoms with Crippen LogP contribution in [0.4, 0.5) is 10.5 Å². The first kappa shape index (κ1) is 14.6. The fourth-order valence-corrected chi connectivity index (χ4v) is 2.63. The van der Waals surface area contributed by atoms with E-state index in [1.807, 2.05) is 32.2 Å². The number of carbonyl (C=O) groups excluding carboxylic acids is 1. The third-order valence-corrected chi connectivity index (χ3v) is 4.07. The van der Waals surface area contributed by atoms with Crippen molar-refractivity contribution in [1.29, 1.82) is 0 Å². The molecule has 1 aromatic heterocycles. The Morgan fingerprint density at radius 1 is 1.23 bits per heavy atom. The second-order valence-electron chi connectivity index (χ2n) is 5.80. The van der Waals surface area contributed by atoms with Gasteiger partial charge in [-0.1, -0.05) is 11.6 Å². The molecule has 0 unspecified atom stereocenters. The fraction of sp³-hybridized carbons (Fsp3) is 0.375. The maximum Gasteiger partial charge on any atom is 0.322 e. The monoisotopic (exact) mass is 300 g/mol. The van der Waals surface area contributed by atoms with Crippen molar-refractivity contribution < 1.29 is 4.79 Å². The van der Waals surface area contributed by atoms with Crippen LogP contribution in [0.3, 0.4) is 0 Å². The van der Waals surface area contributed by atoms with Gasteiger partial charge in [-0.2, -0.15) is 0 Å². The maximum atomic E-state index is 12.5. The zero-order chi connectivity index (χ0) is 15.7. The topological polar surface area (TPSA) is 68.4 Å². The molecule has 1 aliphatic rings. The minimum absolute atomic E-state index is 0.153. The van der Waals surface area contributed by atoms with Gasteiger partial charge in [-0.3, -0.25) is 4.79 Å². The van der Waals surface area contributed by atoms with E-state index >= 15 is 0 Å². The van der Waals surface area contributed by atoms with E-state index in [1.54, 1.807) is 11.1 Å². The number of urea groups is 1. The number of benzene rings is 1. The molecule has 6 nitrogen and oxygen atoms in total. The molecule has 2 N–H and O–H groups in total. The number of aryl methyl sites for hydroxylation is 1. The highest BCUT2D eigenvalue weighted by atomic mass is 16.2. The summed E-state index contributed by atoms with van der Waals surface area (Å²) in [5, 5.41) is 3.32. The number of rotatable bonds is 1. The summed E-state index contributed by atoms with van der Waals surface area (Å²) in [6, 6.07) is 5.43. The third-order valence-electron chi connectivity index (χ3n) is 4.07. The van der Waals surface area contributed by atoms with Crippen LogP contribution >= 0.6 is 0 Å². The van der Waals surface area contributed by atoms with Crippen molar-refractivity contribution in [2.45, 2.75) is 6.92 Å². The van der Waals surface area contributed by atoms with Gasteiger partial charge in [0.1, 0.15) is 5.69 Å². The second-order valence-corrected chi connectivity index (χ2v) is 5.80. The molecule has 0 atom stereocenters. The molecule has 0 aliphatic carbocycles. The highest BCUT2D eigenvalue weighted by molar-refractivity contribution is 5.92. The quantitative estimate of drug-likeness (QED) is 0.841. The number of fused-ring (bicyclic) bond motifs is 1. The van der Waals surface area contributed by atoms with Gasteiger partial charge in [-0.15, -0.1) is 0 Å². The first-order chi connectivity index (χ1) is 10.5. The Kier molecular flexibility index (Phi) is 3.85. The lowest BCUT2D eigenvalue weighted by atomic mass is 10.1. The highest BCUT2D eigenvalue weighted by Gasteiger charge is 2.20. The average Bonchev–Trinajstić information content (AvgIpc) is 2.51. The van der Waals surface area contributed by atoms with Gasteiger partial charge >= 0.3 is 6.03 Å². The van der Waals surface area contributed by atoms with Crippen molar-refractivity contribution in [1.82, 2.24) is 14.8 Å². The molecule has 1 saturated heterocycles. The van der Waals surface area contributed by atoms with Crippen LogP contribution in [0.25, 0.3) is 10.9 Å². The minimum Gasteiger partial charge on any atom is -0.359 e. The molecule has 0 saturated carbocycles. The van der Waals surface area contributed by atoms with Crippen LogP contribution in [0.1, 0.15) is 5.56 Å². The lowest BCUT2D eigenvalue weighted by Gasteiger charge is -2.32. The molecular formula is C16H20N4O2. The molecule has 2 aromatic rings. The number of amides is 2. The molecule has 6 heteroatoms. The number of nitrogens with one attached hydrogen (secondary N) is 2. The minimum atomic E-state index is -0.217. The molecule has 1 fully saturated rings. The SMILES string of the molecule is Cc1ccc2[nH]cc(NC(=O)N3CCN(C)CC3)c(=O)c2c1. The fourth-order valence-electron chi connectivity index (χ4n) is 2.63. The first-order valence-electron chi connectivity index (χ1n) is 7.41. The van der Waals surface area contributed by atoms with Crippen LogP contribution in [-0.2, 0) is 0 Å². The van der Waals surface area contributed by atoms with E-state index in [0.717, 1.165) is 24.2 Å². The van der Waals surface area contributed by atoms with E-state index in [-0.39, 0.29) is 11.5 Å². The van der Waals surface area contributed by atoms with Crippen molar-refractivity contribution >= 4 is 22.6 Å². The molecule has 3 rings (SSSR count). The Bertz CT molecular complexity index is 760. The Balaban J connectivity index is 1.83. The largest absolute Gasteiger partial charge is 0.359 e.